The molecule has 0 fully saturated rings. The van der Waals surface area contributed by atoms with Gasteiger partial charge >= 0.3 is 11.9 Å². The van der Waals surface area contributed by atoms with E-state index in [9.17, 15) is 14.4 Å². The topological polar surface area (TPSA) is 127 Å². The van der Waals surface area contributed by atoms with Crippen molar-refractivity contribution in [3.8, 4) is 0 Å². The molecule has 212 valence electrons. The minimum atomic E-state index is -0.899. The maximum atomic E-state index is 12.7. The molecule has 0 rings (SSSR count). The summed E-state index contributed by atoms with van der Waals surface area (Å²) in [5.41, 5.74) is 0. The van der Waals surface area contributed by atoms with Crippen molar-refractivity contribution in [3.63, 3.8) is 0 Å². The summed E-state index contributed by atoms with van der Waals surface area (Å²) in [6.07, 6.45) is 18.8. The molecule has 4 N–H and O–H groups in total. The average Bonchev–Trinajstić information content (AvgIpc) is 2.84. The van der Waals surface area contributed by atoms with Gasteiger partial charge in [-0.3, -0.25) is 19.3 Å². The maximum absolute atomic E-state index is 12.7. The average molecular weight is 515 g/mol. The van der Waals surface area contributed by atoms with Gasteiger partial charge in [0.25, 0.3) is 0 Å². The Kier molecular flexibility index (Phi) is 23.8. The summed E-state index contributed by atoms with van der Waals surface area (Å²) < 4.78 is 0. The highest BCUT2D eigenvalue weighted by molar-refractivity contribution is 5.79. The first-order valence-corrected chi connectivity index (χ1v) is 14.4. The highest BCUT2D eigenvalue weighted by Crippen LogP contribution is 2.18. The lowest BCUT2D eigenvalue weighted by atomic mass is 9.94. The quantitative estimate of drug-likeness (QED) is 0.111. The molecular formula is C28H54N2O6. The Labute approximate surface area is 219 Å². The number of rotatable bonds is 27. The lowest BCUT2D eigenvalue weighted by Crippen LogP contribution is -2.39. The zero-order chi connectivity index (χ0) is 26.9. The number of carboxylic acid groups (broad SMARTS) is 2. The third-order valence-electron chi connectivity index (χ3n) is 6.77. The normalized spacial score (nSPS) is 12.1. The van der Waals surface area contributed by atoms with Crippen LogP contribution in [0.1, 0.15) is 122 Å². The number of aliphatic hydroxyl groups is 1. The van der Waals surface area contributed by atoms with E-state index < -0.39 is 11.9 Å². The van der Waals surface area contributed by atoms with E-state index in [4.69, 9.17) is 15.3 Å². The zero-order valence-corrected chi connectivity index (χ0v) is 22.9. The standard InChI is InChI=1S/C28H54N2O6/c1-2-3-4-5-6-7-8-9-10-11-12-13-14-15-16-25(17-18-26(32)33)28(36)29-20-22-30(23-24-31)21-19-27(34)35/h25,31H,2-24H2,1H3,(H,29,36)(H,32,33)(H,34,35). The molecule has 0 aromatic rings. The van der Waals surface area contributed by atoms with E-state index in [-0.39, 0.29) is 31.3 Å². The van der Waals surface area contributed by atoms with Gasteiger partial charge in [0.05, 0.1) is 13.0 Å². The highest BCUT2D eigenvalue weighted by Gasteiger charge is 2.19. The molecule has 1 amide bonds. The van der Waals surface area contributed by atoms with E-state index in [0.717, 1.165) is 19.3 Å². The van der Waals surface area contributed by atoms with Gasteiger partial charge in [0.1, 0.15) is 0 Å². The van der Waals surface area contributed by atoms with Crippen LogP contribution in [0.3, 0.4) is 0 Å². The Hall–Kier alpha value is -1.67. The molecule has 8 nitrogen and oxygen atoms in total. The van der Waals surface area contributed by atoms with Gasteiger partial charge in [0, 0.05) is 38.5 Å². The van der Waals surface area contributed by atoms with Gasteiger partial charge in [0.15, 0.2) is 0 Å². The van der Waals surface area contributed by atoms with E-state index in [1.807, 2.05) is 0 Å². The molecule has 0 aliphatic carbocycles. The number of unbranched alkanes of at least 4 members (excludes halogenated alkanes) is 13. The van der Waals surface area contributed by atoms with Crippen molar-refractivity contribution in [1.82, 2.24) is 10.2 Å². The lowest BCUT2D eigenvalue weighted by Gasteiger charge is -2.22. The number of nitrogens with zero attached hydrogens (tertiary/aromatic N) is 1. The molecule has 0 heterocycles. The molecule has 1 atom stereocenters. The molecule has 36 heavy (non-hydrogen) atoms. The number of amides is 1. The third-order valence-corrected chi connectivity index (χ3v) is 6.77. The van der Waals surface area contributed by atoms with Gasteiger partial charge in [-0.25, -0.2) is 0 Å². The summed E-state index contributed by atoms with van der Waals surface area (Å²) in [6, 6.07) is 0. The van der Waals surface area contributed by atoms with Crippen molar-refractivity contribution in [1.29, 1.82) is 0 Å². The lowest BCUT2D eigenvalue weighted by molar-refractivity contribution is -0.138. The second-order valence-electron chi connectivity index (χ2n) is 10.0. The number of hydrogen-bond donors (Lipinski definition) is 4. The molecule has 0 saturated carbocycles. The Morgan fingerprint density at radius 2 is 1.17 bits per heavy atom. The largest absolute Gasteiger partial charge is 0.481 e. The van der Waals surface area contributed by atoms with Crippen molar-refractivity contribution < 1.29 is 29.7 Å². The second-order valence-corrected chi connectivity index (χ2v) is 10.0. The number of aliphatic carboxylic acids is 2. The fraction of sp³-hybridized carbons (Fsp3) is 0.893. The fourth-order valence-corrected chi connectivity index (χ4v) is 4.50. The second kappa shape index (κ2) is 25.0. The van der Waals surface area contributed by atoms with Crippen molar-refractivity contribution in [2.45, 2.75) is 122 Å². The summed E-state index contributed by atoms with van der Waals surface area (Å²) in [7, 11) is 0. The Morgan fingerprint density at radius 1 is 0.667 bits per heavy atom. The minimum Gasteiger partial charge on any atom is -0.481 e. The SMILES string of the molecule is CCCCCCCCCCCCCCCCC(CCC(=O)O)C(=O)NCCN(CCO)CCC(=O)O. The monoisotopic (exact) mass is 514 g/mol. The van der Waals surface area contributed by atoms with Crippen LogP contribution >= 0.6 is 0 Å². The first-order chi connectivity index (χ1) is 17.4. The van der Waals surface area contributed by atoms with Gasteiger partial charge in [-0.1, -0.05) is 96.8 Å². The Morgan fingerprint density at radius 3 is 1.64 bits per heavy atom. The fourth-order valence-electron chi connectivity index (χ4n) is 4.50. The van der Waals surface area contributed by atoms with Crippen LogP contribution in [0, 0.1) is 5.92 Å². The Bertz CT molecular complexity index is 558. The number of aliphatic hydroxyl groups excluding tert-OH is 1. The van der Waals surface area contributed by atoms with E-state index >= 15 is 0 Å². The van der Waals surface area contributed by atoms with Gasteiger partial charge in [-0.2, -0.15) is 0 Å². The van der Waals surface area contributed by atoms with Crippen LogP contribution in [0.15, 0.2) is 0 Å². The molecule has 0 radical (unpaired) electrons. The predicted octanol–water partition coefficient (Wildman–Crippen LogP) is 5.22. The van der Waals surface area contributed by atoms with Crippen LogP contribution in [-0.2, 0) is 14.4 Å². The number of carbonyl (C=O) groups excluding carboxylic acids is 1. The molecule has 0 bridgehead atoms. The van der Waals surface area contributed by atoms with Crippen molar-refractivity contribution in [3.05, 3.63) is 0 Å². The van der Waals surface area contributed by atoms with Crippen LogP contribution < -0.4 is 5.32 Å². The molecule has 0 aliphatic heterocycles. The van der Waals surface area contributed by atoms with Crippen LogP contribution in [0.2, 0.25) is 0 Å². The highest BCUT2D eigenvalue weighted by atomic mass is 16.4. The van der Waals surface area contributed by atoms with E-state index in [0.29, 0.717) is 39.0 Å². The summed E-state index contributed by atoms with van der Waals surface area (Å²) in [6.45, 7) is 3.64. The predicted molar refractivity (Wildman–Crippen MR) is 144 cm³/mol. The number of carbonyl (C=O) groups is 3. The van der Waals surface area contributed by atoms with Gasteiger partial charge in [0.2, 0.25) is 5.91 Å². The van der Waals surface area contributed by atoms with Crippen molar-refractivity contribution in [2.75, 3.05) is 32.8 Å². The molecule has 0 aromatic heterocycles. The molecule has 0 saturated heterocycles. The van der Waals surface area contributed by atoms with Crippen molar-refractivity contribution in [2.24, 2.45) is 5.92 Å². The molecule has 0 aromatic carbocycles. The molecule has 1 unspecified atom stereocenters. The maximum Gasteiger partial charge on any atom is 0.304 e. The van der Waals surface area contributed by atoms with Crippen molar-refractivity contribution >= 4 is 17.8 Å². The van der Waals surface area contributed by atoms with Gasteiger partial charge in [-0.05, 0) is 12.8 Å². The van der Waals surface area contributed by atoms with Crippen LogP contribution in [0.4, 0.5) is 0 Å². The van der Waals surface area contributed by atoms with E-state index in [1.165, 1.54) is 70.6 Å². The summed E-state index contributed by atoms with van der Waals surface area (Å²) in [5.74, 6) is -2.24. The first kappa shape index (κ1) is 34.3. The molecular weight excluding hydrogens is 460 g/mol. The third kappa shape index (κ3) is 22.8. The van der Waals surface area contributed by atoms with Gasteiger partial charge < -0.3 is 20.6 Å². The Balaban J connectivity index is 4.05. The van der Waals surface area contributed by atoms with Crippen LogP contribution in [0.25, 0.3) is 0 Å². The molecule has 8 heteroatoms. The number of nitrogens with one attached hydrogen (secondary N) is 1. The first-order valence-electron chi connectivity index (χ1n) is 14.4. The van der Waals surface area contributed by atoms with E-state index in [2.05, 4.69) is 12.2 Å². The summed E-state index contributed by atoms with van der Waals surface area (Å²) in [5, 5.41) is 29.9. The summed E-state index contributed by atoms with van der Waals surface area (Å²) >= 11 is 0. The van der Waals surface area contributed by atoms with Crippen LogP contribution in [-0.4, -0.2) is 70.9 Å². The smallest absolute Gasteiger partial charge is 0.304 e. The van der Waals surface area contributed by atoms with Gasteiger partial charge in [-0.15, -0.1) is 0 Å². The zero-order valence-electron chi connectivity index (χ0n) is 22.9. The number of carboxylic acids is 2. The van der Waals surface area contributed by atoms with E-state index in [1.54, 1.807) is 4.90 Å². The number of hydrogen-bond acceptors (Lipinski definition) is 5. The van der Waals surface area contributed by atoms with Crippen LogP contribution in [0.5, 0.6) is 0 Å². The summed E-state index contributed by atoms with van der Waals surface area (Å²) in [4.78, 5) is 36.3. The minimum absolute atomic E-state index is 0.0195. The molecule has 0 spiro atoms. The molecule has 0 aliphatic rings.